The molecule has 2 heterocycles. The lowest BCUT2D eigenvalue weighted by molar-refractivity contribution is 0.0552. The summed E-state index contributed by atoms with van der Waals surface area (Å²) in [5.74, 6) is 0.433. The monoisotopic (exact) mass is 323 g/mol. The van der Waals surface area contributed by atoms with Gasteiger partial charge in [-0.2, -0.15) is 0 Å². The Bertz CT molecular complexity index is 690. The van der Waals surface area contributed by atoms with Crippen molar-refractivity contribution in [1.29, 1.82) is 0 Å². The van der Waals surface area contributed by atoms with E-state index >= 15 is 0 Å². The smallest absolute Gasteiger partial charge is 0.374 e. The first-order valence-corrected chi connectivity index (χ1v) is 7.40. The minimum absolute atomic E-state index is 0.0780. The van der Waals surface area contributed by atoms with Crippen LogP contribution in [0.2, 0.25) is 0 Å². The molecule has 0 fully saturated rings. The van der Waals surface area contributed by atoms with Crippen molar-refractivity contribution in [2.75, 3.05) is 7.11 Å². The molecule has 2 aromatic rings. The fourth-order valence-corrected chi connectivity index (χ4v) is 2.41. The lowest BCUT2D eigenvalue weighted by Gasteiger charge is -1.99. The van der Waals surface area contributed by atoms with Crippen molar-refractivity contribution in [3.05, 3.63) is 39.2 Å². The van der Waals surface area contributed by atoms with Gasteiger partial charge in [0.2, 0.25) is 5.76 Å². The van der Waals surface area contributed by atoms with Crippen LogP contribution in [0.5, 0.6) is 0 Å². The van der Waals surface area contributed by atoms with Gasteiger partial charge in [0.05, 0.1) is 24.2 Å². The number of hydrogen-bond donors (Lipinski definition) is 1. The summed E-state index contributed by atoms with van der Waals surface area (Å²) in [6, 6.07) is 1.70. The number of ether oxygens (including phenoxy) is 1. The summed E-state index contributed by atoms with van der Waals surface area (Å²) in [5.41, 5.74) is 7.31. The number of nitrogens with zero attached hydrogens (tertiary/aromatic N) is 2. The fraction of sp³-hybridized carbons (Fsp3) is 0.357. The summed E-state index contributed by atoms with van der Waals surface area (Å²) in [6.45, 7) is 3.76. The maximum atomic E-state index is 11.4. The third-order valence-corrected chi connectivity index (χ3v) is 3.58. The van der Waals surface area contributed by atoms with Crippen LogP contribution in [0.15, 0.2) is 21.0 Å². The predicted octanol–water partition coefficient (Wildman–Crippen LogP) is 2.17. The first kappa shape index (κ1) is 16.0. The fourth-order valence-electron chi connectivity index (χ4n) is 1.80. The number of esters is 1. The van der Waals surface area contributed by atoms with Crippen LogP contribution in [0.3, 0.4) is 0 Å². The summed E-state index contributed by atoms with van der Waals surface area (Å²) in [5, 5.41) is 6.71. The molecule has 0 aliphatic rings. The zero-order valence-electron chi connectivity index (χ0n) is 12.6. The summed E-state index contributed by atoms with van der Waals surface area (Å²) >= 11 is 1.56. The highest BCUT2D eigenvalue weighted by Crippen LogP contribution is 2.16. The number of rotatable bonds is 6. The highest BCUT2D eigenvalue weighted by Gasteiger charge is 2.16. The lowest BCUT2D eigenvalue weighted by atomic mass is 10.3. The van der Waals surface area contributed by atoms with Gasteiger partial charge < -0.3 is 19.7 Å². The number of furan rings is 1. The van der Waals surface area contributed by atoms with E-state index in [4.69, 9.17) is 15.0 Å². The maximum Gasteiger partial charge on any atom is 0.374 e. The van der Waals surface area contributed by atoms with Gasteiger partial charge in [0.1, 0.15) is 11.6 Å². The van der Waals surface area contributed by atoms with E-state index in [9.17, 15) is 4.79 Å². The number of aryl methyl sites for hydroxylation is 2. The van der Waals surface area contributed by atoms with Crippen LogP contribution in [-0.4, -0.2) is 23.9 Å². The normalized spacial score (nSPS) is 11.5. The first-order chi connectivity index (χ1) is 10.5. The SMILES string of the molecule is COC(=O)c1oc(CO/N=C(\N)Cc2csc(C)n2)cc1C. The van der Waals surface area contributed by atoms with E-state index in [2.05, 4.69) is 14.9 Å². The Hall–Kier alpha value is -2.35. The number of thiazole rings is 1. The largest absolute Gasteiger partial charge is 0.463 e. The molecule has 2 aromatic heterocycles. The topological polar surface area (TPSA) is 99.9 Å². The van der Waals surface area contributed by atoms with E-state index in [1.54, 1.807) is 24.3 Å². The van der Waals surface area contributed by atoms with Gasteiger partial charge in [0.25, 0.3) is 0 Å². The Morgan fingerprint density at radius 1 is 1.50 bits per heavy atom. The van der Waals surface area contributed by atoms with Gasteiger partial charge in [-0.05, 0) is 19.9 Å². The van der Waals surface area contributed by atoms with Crippen molar-refractivity contribution in [3.63, 3.8) is 0 Å². The van der Waals surface area contributed by atoms with E-state index in [1.165, 1.54) is 7.11 Å². The molecule has 0 unspecified atom stereocenters. The summed E-state index contributed by atoms with van der Waals surface area (Å²) in [6.07, 6.45) is 0.426. The average molecular weight is 323 g/mol. The number of aromatic nitrogens is 1. The molecule has 0 bridgehead atoms. The number of methoxy groups -OCH3 is 1. The molecule has 0 amide bonds. The highest BCUT2D eigenvalue weighted by molar-refractivity contribution is 7.09. The molecular weight excluding hydrogens is 306 g/mol. The van der Waals surface area contributed by atoms with Gasteiger partial charge in [-0.3, -0.25) is 0 Å². The minimum atomic E-state index is -0.523. The third kappa shape index (κ3) is 4.08. The molecule has 7 nitrogen and oxygen atoms in total. The van der Waals surface area contributed by atoms with Gasteiger partial charge in [-0.1, -0.05) is 5.16 Å². The Kier molecular flexibility index (Phi) is 5.16. The number of carbonyl (C=O) groups is 1. The van der Waals surface area contributed by atoms with Crippen molar-refractivity contribution in [2.24, 2.45) is 10.9 Å². The zero-order chi connectivity index (χ0) is 16.1. The Morgan fingerprint density at radius 3 is 2.91 bits per heavy atom. The third-order valence-electron chi connectivity index (χ3n) is 2.76. The zero-order valence-corrected chi connectivity index (χ0v) is 13.4. The highest BCUT2D eigenvalue weighted by atomic mass is 32.1. The van der Waals surface area contributed by atoms with Crippen LogP contribution in [0.1, 0.15) is 32.6 Å². The molecule has 0 aliphatic carbocycles. The van der Waals surface area contributed by atoms with E-state index in [1.807, 2.05) is 12.3 Å². The number of carbonyl (C=O) groups excluding carboxylic acids is 1. The summed E-state index contributed by atoms with van der Waals surface area (Å²) < 4.78 is 9.96. The van der Waals surface area contributed by atoms with Gasteiger partial charge in [0, 0.05) is 10.9 Å². The van der Waals surface area contributed by atoms with Crippen LogP contribution < -0.4 is 5.73 Å². The number of amidine groups is 1. The van der Waals surface area contributed by atoms with Gasteiger partial charge in [-0.15, -0.1) is 11.3 Å². The van der Waals surface area contributed by atoms with Crippen molar-refractivity contribution < 1.29 is 18.8 Å². The van der Waals surface area contributed by atoms with Crippen LogP contribution in [0.4, 0.5) is 0 Å². The van der Waals surface area contributed by atoms with E-state index in [0.29, 0.717) is 23.6 Å². The average Bonchev–Trinajstić information content (AvgIpc) is 3.04. The van der Waals surface area contributed by atoms with Crippen LogP contribution in [-0.2, 0) is 22.6 Å². The predicted molar refractivity (Wildman–Crippen MR) is 81.8 cm³/mol. The lowest BCUT2D eigenvalue weighted by Crippen LogP contribution is -2.15. The van der Waals surface area contributed by atoms with Gasteiger partial charge >= 0.3 is 5.97 Å². The first-order valence-electron chi connectivity index (χ1n) is 6.52. The molecule has 2 rings (SSSR count). The summed E-state index contributed by atoms with van der Waals surface area (Å²) in [7, 11) is 1.30. The van der Waals surface area contributed by atoms with Crippen LogP contribution in [0.25, 0.3) is 0 Å². The number of oxime groups is 1. The molecular formula is C14H17N3O4S. The van der Waals surface area contributed by atoms with Gasteiger partial charge in [-0.25, -0.2) is 9.78 Å². The quantitative estimate of drug-likeness (QED) is 0.378. The molecule has 22 heavy (non-hydrogen) atoms. The molecule has 0 radical (unpaired) electrons. The van der Waals surface area contributed by atoms with E-state index in [-0.39, 0.29) is 12.4 Å². The Morgan fingerprint density at radius 2 is 2.27 bits per heavy atom. The molecule has 0 spiro atoms. The van der Waals surface area contributed by atoms with Crippen LogP contribution >= 0.6 is 11.3 Å². The summed E-state index contributed by atoms with van der Waals surface area (Å²) in [4.78, 5) is 20.9. The standard InChI is InChI=1S/C14H17N3O4S/c1-8-4-11(21-13(8)14(18)19-3)6-20-17-12(15)5-10-7-22-9(2)16-10/h4,7H,5-6H2,1-3H3,(H2,15,17). The van der Waals surface area contributed by atoms with E-state index < -0.39 is 5.97 Å². The molecule has 118 valence electrons. The molecule has 8 heteroatoms. The Balaban J connectivity index is 1.90. The van der Waals surface area contributed by atoms with Gasteiger partial charge in [0.15, 0.2) is 6.61 Å². The second kappa shape index (κ2) is 7.08. The van der Waals surface area contributed by atoms with Crippen molar-refractivity contribution >= 4 is 23.1 Å². The number of nitrogens with two attached hydrogens (primary N) is 1. The number of hydrogen-bond acceptors (Lipinski definition) is 7. The van der Waals surface area contributed by atoms with E-state index in [0.717, 1.165) is 10.7 Å². The molecule has 0 atom stereocenters. The minimum Gasteiger partial charge on any atom is -0.463 e. The van der Waals surface area contributed by atoms with Crippen molar-refractivity contribution in [3.8, 4) is 0 Å². The second-order valence-corrected chi connectivity index (χ2v) is 5.67. The molecule has 0 aromatic carbocycles. The molecule has 0 aliphatic heterocycles. The molecule has 0 saturated heterocycles. The second-order valence-electron chi connectivity index (χ2n) is 4.61. The van der Waals surface area contributed by atoms with Crippen LogP contribution in [0, 0.1) is 13.8 Å². The Labute approximate surface area is 131 Å². The van der Waals surface area contributed by atoms with Crippen molar-refractivity contribution in [1.82, 2.24) is 4.98 Å². The van der Waals surface area contributed by atoms with Crippen molar-refractivity contribution in [2.45, 2.75) is 26.9 Å². The molecule has 2 N–H and O–H groups in total. The molecule has 0 saturated carbocycles. The maximum absolute atomic E-state index is 11.4.